The molecule has 35 heavy (non-hydrogen) atoms. The fraction of sp³-hybridized carbons (Fsp3) is 0.276. The molecule has 0 spiro atoms. The minimum atomic E-state index is -0.421. The summed E-state index contributed by atoms with van der Waals surface area (Å²) >= 11 is 0. The van der Waals surface area contributed by atoms with E-state index in [4.69, 9.17) is 9.47 Å². The molecule has 1 saturated heterocycles. The molecule has 0 saturated carbocycles. The predicted octanol–water partition coefficient (Wildman–Crippen LogP) is 5.41. The van der Waals surface area contributed by atoms with Gasteiger partial charge in [0.2, 0.25) is 0 Å². The van der Waals surface area contributed by atoms with Crippen LogP contribution in [0.15, 0.2) is 66.7 Å². The predicted molar refractivity (Wildman–Crippen MR) is 134 cm³/mol. The Balaban J connectivity index is 1.41. The zero-order chi connectivity index (χ0) is 24.5. The summed E-state index contributed by atoms with van der Waals surface area (Å²) in [7, 11) is 0. The van der Waals surface area contributed by atoms with Crippen molar-refractivity contribution in [1.29, 1.82) is 0 Å². The van der Waals surface area contributed by atoms with E-state index in [0.717, 1.165) is 47.3 Å². The van der Waals surface area contributed by atoms with Crippen LogP contribution in [-0.4, -0.2) is 40.7 Å². The van der Waals surface area contributed by atoms with E-state index in [2.05, 4.69) is 6.92 Å². The third-order valence-corrected chi connectivity index (χ3v) is 6.76. The lowest BCUT2D eigenvalue weighted by molar-refractivity contribution is -0.132. The zero-order valence-electron chi connectivity index (χ0n) is 19.9. The first kappa shape index (κ1) is 22.8. The van der Waals surface area contributed by atoms with Crippen LogP contribution in [-0.2, 0) is 4.79 Å². The summed E-state index contributed by atoms with van der Waals surface area (Å²) in [6, 6.07) is 19.7. The second-order valence-electron chi connectivity index (χ2n) is 9.36. The molecule has 0 aliphatic carbocycles. The number of amides is 1. The Bertz CT molecular complexity index is 1280. The highest BCUT2D eigenvalue weighted by Gasteiger charge is 2.30. The third-order valence-electron chi connectivity index (χ3n) is 6.76. The van der Waals surface area contributed by atoms with Crippen LogP contribution in [0.25, 0.3) is 11.1 Å². The molecule has 2 atom stereocenters. The molecule has 180 valence electrons. The van der Waals surface area contributed by atoms with Gasteiger partial charge in [-0.15, -0.1) is 0 Å². The van der Waals surface area contributed by atoms with Gasteiger partial charge in [0, 0.05) is 24.2 Å². The number of phenols is 2. The van der Waals surface area contributed by atoms with Crippen molar-refractivity contribution in [2.75, 3.05) is 19.7 Å². The number of phenolic OH excluding ortho intramolecular Hbond substituents is 2. The fourth-order valence-electron chi connectivity index (χ4n) is 4.85. The smallest absolute Gasteiger partial charge is 0.260 e. The number of aromatic hydroxyl groups is 2. The normalized spacial score (nSPS) is 19.3. The molecule has 2 aliphatic heterocycles. The molecule has 3 aromatic carbocycles. The van der Waals surface area contributed by atoms with Crippen molar-refractivity contribution < 1.29 is 24.5 Å². The van der Waals surface area contributed by atoms with Crippen molar-refractivity contribution in [3.05, 3.63) is 83.4 Å². The molecule has 2 heterocycles. The first-order chi connectivity index (χ1) is 16.9. The maximum atomic E-state index is 12.4. The second kappa shape index (κ2) is 9.37. The van der Waals surface area contributed by atoms with E-state index in [1.165, 1.54) is 0 Å². The third kappa shape index (κ3) is 4.69. The van der Waals surface area contributed by atoms with E-state index in [-0.39, 0.29) is 24.0 Å². The Morgan fingerprint density at radius 1 is 1.06 bits per heavy atom. The Kier molecular flexibility index (Phi) is 6.12. The van der Waals surface area contributed by atoms with Gasteiger partial charge in [0.1, 0.15) is 29.1 Å². The average molecular weight is 472 g/mol. The number of ether oxygens (including phenoxy) is 2. The summed E-state index contributed by atoms with van der Waals surface area (Å²) in [5.74, 6) is 2.19. The highest BCUT2D eigenvalue weighted by atomic mass is 16.5. The summed E-state index contributed by atoms with van der Waals surface area (Å²) in [5.41, 5.74) is 4.43. The Morgan fingerprint density at radius 3 is 2.54 bits per heavy atom. The van der Waals surface area contributed by atoms with Crippen LogP contribution in [0.1, 0.15) is 43.1 Å². The van der Waals surface area contributed by atoms with Crippen molar-refractivity contribution in [1.82, 2.24) is 4.90 Å². The molecular formula is C29H29NO5. The maximum Gasteiger partial charge on any atom is 0.260 e. The molecule has 5 rings (SSSR count). The minimum absolute atomic E-state index is 0.0126. The number of nitrogens with zero attached hydrogens (tertiary/aromatic N) is 1. The lowest BCUT2D eigenvalue weighted by Crippen LogP contribution is -2.32. The van der Waals surface area contributed by atoms with Crippen molar-refractivity contribution in [2.24, 2.45) is 5.92 Å². The Morgan fingerprint density at radius 2 is 1.83 bits per heavy atom. The molecule has 1 amide bonds. The Labute approximate surface area is 205 Å². The molecule has 2 unspecified atom stereocenters. The minimum Gasteiger partial charge on any atom is -0.508 e. The van der Waals surface area contributed by atoms with Gasteiger partial charge in [-0.1, -0.05) is 31.2 Å². The lowest BCUT2D eigenvalue weighted by atomic mass is 9.86. The van der Waals surface area contributed by atoms with Gasteiger partial charge in [-0.05, 0) is 78.4 Å². The van der Waals surface area contributed by atoms with Gasteiger partial charge < -0.3 is 24.6 Å². The second-order valence-corrected chi connectivity index (χ2v) is 9.36. The summed E-state index contributed by atoms with van der Waals surface area (Å²) in [5, 5.41) is 20.1. The molecule has 0 radical (unpaired) electrons. The molecule has 6 heteroatoms. The number of rotatable bonds is 5. The van der Waals surface area contributed by atoms with Crippen molar-refractivity contribution in [3.8, 4) is 23.0 Å². The van der Waals surface area contributed by atoms with E-state index >= 15 is 0 Å². The summed E-state index contributed by atoms with van der Waals surface area (Å²) < 4.78 is 12.2. The largest absolute Gasteiger partial charge is 0.508 e. The van der Waals surface area contributed by atoms with E-state index in [9.17, 15) is 15.0 Å². The van der Waals surface area contributed by atoms with Crippen molar-refractivity contribution in [3.63, 3.8) is 0 Å². The van der Waals surface area contributed by atoms with Gasteiger partial charge in [-0.2, -0.15) is 0 Å². The van der Waals surface area contributed by atoms with Gasteiger partial charge >= 0.3 is 0 Å². The van der Waals surface area contributed by atoms with Crippen LogP contribution in [0.3, 0.4) is 0 Å². The average Bonchev–Trinajstić information content (AvgIpc) is 3.29. The van der Waals surface area contributed by atoms with Gasteiger partial charge in [-0.25, -0.2) is 0 Å². The van der Waals surface area contributed by atoms with Crippen LogP contribution in [0.4, 0.5) is 0 Å². The summed E-state index contributed by atoms with van der Waals surface area (Å²) in [4.78, 5) is 14.3. The van der Waals surface area contributed by atoms with Crippen LogP contribution < -0.4 is 9.47 Å². The highest BCUT2D eigenvalue weighted by molar-refractivity contribution is 5.95. The molecule has 2 N–H and O–H groups in total. The quantitative estimate of drug-likeness (QED) is 0.520. The molecular weight excluding hydrogens is 442 g/mol. The monoisotopic (exact) mass is 471 g/mol. The number of carbonyl (C=O) groups is 1. The first-order valence-electron chi connectivity index (χ1n) is 11.9. The molecule has 6 nitrogen and oxygen atoms in total. The van der Waals surface area contributed by atoms with E-state index in [1.807, 2.05) is 42.2 Å². The molecule has 1 fully saturated rings. The topological polar surface area (TPSA) is 79.2 Å². The van der Waals surface area contributed by atoms with Gasteiger partial charge in [-0.3, -0.25) is 4.79 Å². The number of likely N-dealkylation sites (tertiary alicyclic amines) is 1. The number of fused-ring (bicyclic) bond motifs is 1. The molecule has 0 bridgehead atoms. The lowest BCUT2D eigenvalue weighted by Gasteiger charge is -2.31. The summed E-state index contributed by atoms with van der Waals surface area (Å²) in [6.45, 7) is 5.77. The number of hydrogen-bond acceptors (Lipinski definition) is 5. The first-order valence-corrected chi connectivity index (χ1v) is 11.9. The van der Waals surface area contributed by atoms with Crippen molar-refractivity contribution >= 4 is 17.1 Å². The van der Waals surface area contributed by atoms with Crippen LogP contribution in [0, 0.1) is 5.92 Å². The highest BCUT2D eigenvalue weighted by Crippen LogP contribution is 2.47. The van der Waals surface area contributed by atoms with Gasteiger partial charge in [0.15, 0.2) is 6.61 Å². The number of carbonyl (C=O) groups excluding carboxylic acids is 1. The number of benzene rings is 3. The fourth-order valence-corrected chi connectivity index (χ4v) is 4.85. The standard InChI is InChI=1S/C29H29NO5/c1-18-12-13-30(16-18)27(33)17-34-24-9-6-20(7-10-24)29-28(21-4-3-5-22(31)14-21)19(2)25-15-23(32)8-11-26(25)35-29/h3-11,14-15,18,29,31-32H,12-13,16-17H2,1-2H3. The van der Waals surface area contributed by atoms with Crippen molar-refractivity contribution in [2.45, 2.75) is 26.4 Å². The van der Waals surface area contributed by atoms with Crippen LogP contribution >= 0.6 is 0 Å². The molecule has 3 aromatic rings. The Hall–Kier alpha value is -3.93. The molecule has 0 aromatic heterocycles. The van der Waals surface area contributed by atoms with Gasteiger partial charge in [0.05, 0.1) is 0 Å². The molecule has 2 aliphatic rings. The summed E-state index contributed by atoms with van der Waals surface area (Å²) in [6.07, 6.45) is 0.620. The SMILES string of the molecule is CC1=C(c2cccc(O)c2)C(c2ccc(OCC(=O)N3CCC(C)C3)cc2)Oc2ccc(O)cc21. The van der Waals surface area contributed by atoms with Crippen LogP contribution in [0.2, 0.25) is 0 Å². The van der Waals surface area contributed by atoms with Crippen LogP contribution in [0.5, 0.6) is 23.0 Å². The maximum absolute atomic E-state index is 12.4. The van der Waals surface area contributed by atoms with E-state index < -0.39 is 6.10 Å². The van der Waals surface area contributed by atoms with E-state index in [1.54, 1.807) is 36.4 Å². The van der Waals surface area contributed by atoms with E-state index in [0.29, 0.717) is 17.4 Å². The number of hydrogen-bond donors (Lipinski definition) is 2. The van der Waals surface area contributed by atoms with Gasteiger partial charge in [0.25, 0.3) is 5.91 Å². The number of allylic oxidation sites excluding steroid dienone is 1. The zero-order valence-corrected chi connectivity index (χ0v) is 19.9.